The number of hydrogen-bond donors (Lipinski definition) is 1. The molecule has 0 unspecified atom stereocenters. The summed E-state index contributed by atoms with van der Waals surface area (Å²) in [6, 6.07) is 29.4. The van der Waals surface area contributed by atoms with E-state index in [1.165, 1.54) is 5.56 Å². The largest absolute Gasteiger partial charge is 0.507 e. The van der Waals surface area contributed by atoms with Crippen LogP contribution in [0.25, 0.3) is 43.8 Å². The fourth-order valence-electron chi connectivity index (χ4n) is 5.23. The van der Waals surface area contributed by atoms with Gasteiger partial charge in [0.05, 0.1) is 26.2 Å². The molecular formula is C34H35ClNO+. The Kier molecular flexibility index (Phi) is 6.30. The fraction of sp³-hybridized carbons (Fsp3) is 0.235. The second-order valence-electron chi connectivity index (χ2n) is 12.1. The molecule has 0 radical (unpaired) electrons. The first-order valence-corrected chi connectivity index (χ1v) is 13.2. The topological polar surface area (TPSA) is 20.2 Å². The second kappa shape index (κ2) is 9.20. The Balaban J connectivity index is 1.88. The number of phenolic OH excluding ortho intramolecular Hbond substituents is 1. The van der Waals surface area contributed by atoms with Crippen LogP contribution in [0.15, 0.2) is 84.9 Å². The molecule has 0 aliphatic rings. The van der Waals surface area contributed by atoms with E-state index in [1.807, 2.05) is 12.1 Å². The van der Waals surface area contributed by atoms with E-state index in [0.717, 1.165) is 65.4 Å². The van der Waals surface area contributed by atoms with Gasteiger partial charge in [-0.1, -0.05) is 105 Å². The normalized spacial score (nSPS) is 12.4. The maximum absolute atomic E-state index is 12.0. The number of phenols is 1. The van der Waals surface area contributed by atoms with Crippen LogP contribution in [0.3, 0.4) is 0 Å². The number of benzene rings is 5. The van der Waals surface area contributed by atoms with Crippen LogP contribution in [-0.2, 0) is 12.0 Å². The number of hydrogen-bond acceptors (Lipinski definition) is 1. The highest BCUT2D eigenvalue weighted by atomic mass is 35.5. The molecule has 5 aromatic rings. The molecule has 0 heterocycles. The Hall–Kier alpha value is -3.33. The zero-order valence-corrected chi connectivity index (χ0v) is 23.3. The molecular weight excluding hydrogens is 474 g/mol. The molecule has 0 spiro atoms. The van der Waals surface area contributed by atoms with Gasteiger partial charge >= 0.3 is 0 Å². The van der Waals surface area contributed by atoms with E-state index in [9.17, 15) is 5.11 Å². The summed E-state index contributed by atoms with van der Waals surface area (Å²) in [5, 5.41) is 17.0. The summed E-state index contributed by atoms with van der Waals surface area (Å²) in [6.45, 7) is 7.38. The van der Waals surface area contributed by atoms with E-state index in [2.05, 4.69) is 115 Å². The molecule has 37 heavy (non-hydrogen) atoms. The third-order valence-electron chi connectivity index (χ3n) is 7.07. The van der Waals surface area contributed by atoms with Crippen LogP contribution < -0.4 is 0 Å². The average molecular weight is 509 g/mol. The van der Waals surface area contributed by atoms with Gasteiger partial charge in [-0.05, 0) is 50.2 Å². The zero-order valence-electron chi connectivity index (χ0n) is 22.6. The van der Waals surface area contributed by atoms with Crippen LogP contribution in [0.1, 0.15) is 31.9 Å². The van der Waals surface area contributed by atoms with Crippen molar-refractivity contribution >= 4 is 33.1 Å². The molecule has 0 amide bonds. The number of halogens is 1. The SMILES string of the molecule is CC(C)(C)c1ccc(-c2cc3ccccc3c(-c3c(C[N+](C)(C)C)c(Cl)cc4ccccc34)c2O)cc1. The van der Waals surface area contributed by atoms with Crippen molar-refractivity contribution in [1.29, 1.82) is 0 Å². The van der Waals surface area contributed by atoms with Crippen molar-refractivity contribution < 1.29 is 9.59 Å². The highest BCUT2D eigenvalue weighted by Gasteiger charge is 2.25. The van der Waals surface area contributed by atoms with Gasteiger partial charge in [0, 0.05) is 22.3 Å². The van der Waals surface area contributed by atoms with Gasteiger partial charge in [-0.15, -0.1) is 0 Å². The lowest BCUT2D eigenvalue weighted by Crippen LogP contribution is -2.33. The molecule has 0 saturated carbocycles. The summed E-state index contributed by atoms with van der Waals surface area (Å²) in [5.41, 5.74) is 6.06. The second-order valence-corrected chi connectivity index (χ2v) is 12.5. The summed E-state index contributed by atoms with van der Waals surface area (Å²) < 4.78 is 0.720. The van der Waals surface area contributed by atoms with Gasteiger partial charge in [0.25, 0.3) is 0 Å². The Labute approximate surface area is 225 Å². The maximum Gasteiger partial charge on any atom is 0.131 e. The highest BCUT2D eigenvalue weighted by Crippen LogP contribution is 2.48. The molecule has 1 N–H and O–H groups in total. The van der Waals surface area contributed by atoms with Gasteiger partial charge in [0.1, 0.15) is 12.3 Å². The standard InChI is InChI=1S/C34H34ClNO/c1-34(2,3)25-17-15-22(16-18-25)28-19-23-11-7-10-14-27(23)32(33(28)37)31-26-13-9-8-12-24(26)20-30(35)29(31)21-36(4,5)6/h7-20H,21H2,1-6H3/p+1. The van der Waals surface area contributed by atoms with Gasteiger partial charge in [-0.3, -0.25) is 0 Å². The Bertz CT molecular complexity index is 1620. The van der Waals surface area contributed by atoms with Crippen molar-refractivity contribution in [1.82, 2.24) is 0 Å². The molecule has 188 valence electrons. The van der Waals surface area contributed by atoms with Crippen molar-refractivity contribution in [2.75, 3.05) is 21.1 Å². The van der Waals surface area contributed by atoms with Crippen molar-refractivity contribution in [3.05, 3.63) is 101 Å². The minimum absolute atomic E-state index is 0.0644. The fourth-order valence-corrected chi connectivity index (χ4v) is 5.50. The van der Waals surface area contributed by atoms with Crippen molar-refractivity contribution in [3.8, 4) is 28.0 Å². The quantitative estimate of drug-likeness (QED) is 0.240. The lowest BCUT2D eigenvalue weighted by Gasteiger charge is -2.27. The summed E-state index contributed by atoms with van der Waals surface area (Å²) >= 11 is 6.99. The van der Waals surface area contributed by atoms with E-state index < -0.39 is 0 Å². The third-order valence-corrected chi connectivity index (χ3v) is 7.41. The molecule has 0 bridgehead atoms. The van der Waals surface area contributed by atoms with Crippen LogP contribution in [0.4, 0.5) is 0 Å². The molecule has 3 heteroatoms. The summed E-state index contributed by atoms with van der Waals surface area (Å²) in [5.74, 6) is 0.289. The number of fused-ring (bicyclic) bond motifs is 2. The Morgan fingerprint density at radius 2 is 1.27 bits per heavy atom. The van der Waals surface area contributed by atoms with E-state index in [0.29, 0.717) is 0 Å². The Morgan fingerprint density at radius 3 is 1.84 bits per heavy atom. The van der Waals surface area contributed by atoms with Crippen molar-refractivity contribution in [2.24, 2.45) is 0 Å². The summed E-state index contributed by atoms with van der Waals surface area (Å²) in [6.07, 6.45) is 0. The van der Waals surface area contributed by atoms with Gasteiger partial charge in [-0.25, -0.2) is 0 Å². The van der Waals surface area contributed by atoms with E-state index in [4.69, 9.17) is 11.6 Å². The predicted molar refractivity (Wildman–Crippen MR) is 159 cm³/mol. The number of quaternary nitrogens is 1. The predicted octanol–water partition coefficient (Wildman–Crippen LogP) is 9.19. The lowest BCUT2D eigenvalue weighted by molar-refractivity contribution is -0.883. The van der Waals surface area contributed by atoms with E-state index in [1.54, 1.807) is 0 Å². The minimum atomic E-state index is 0.0644. The lowest BCUT2D eigenvalue weighted by atomic mass is 9.84. The zero-order chi connectivity index (χ0) is 26.5. The average Bonchev–Trinajstić information content (AvgIpc) is 2.84. The summed E-state index contributed by atoms with van der Waals surface area (Å²) in [4.78, 5) is 0. The van der Waals surface area contributed by atoms with Gasteiger partial charge in [-0.2, -0.15) is 0 Å². The molecule has 0 aromatic heterocycles. The Morgan fingerprint density at radius 1 is 0.730 bits per heavy atom. The molecule has 0 aliphatic carbocycles. The number of nitrogens with zero attached hydrogens (tertiary/aromatic N) is 1. The molecule has 5 aromatic carbocycles. The van der Waals surface area contributed by atoms with Crippen molar-refractivity contribution in [2.45, 2.75) is 32.7 Å². The maximum atomic E-state index is 12.0. The number of rotatable bonds is 4. The summed E-state index contributed by atoms with van der Waals surface area (Å²) in [7, 11) is 6.50. The van der Waals surface area contributed by atoms with Crippen LogP contribution in [0, 0.1) is 0 Å². The molecule has 0 aliphatic heterocycles. The van der Waals surface area contributed by atoms with Crippen molar-refractivity contribution in [3.63, 3.8) is 0 Å². The number of aromatic hydroxyl groups is 1. The van der Waals surface area contributed by atoms with Gasteiger partial charge in [0.15, 0.2) is 0 Å². The van der Waals surface area contributed by atoms with Gasteiger partial charge < -0.3 is 9.59 Å². The molecule has 5 rings (SSSR count). The molecule has 0 saturated heterocycles. The van der Waals surface area contributed by atoms with Gasteiger partial charge in [0.2, 0.25) is 0 Å². The van der Waals surface area contributed by atoms with Crippen LogP contribution in [0.5, 0.6) is 5.75 Å². The van der Waals surface area contributed by atoms with Crippen LogP contribution in [-0.4, -0.2) is 30.7 Å². The van der Waals surface area contributed by atoms with Crippen LogP contribution in [0.2, 0.25) is 5.02 Å². The van der Waals surface area contributed by atoms with E-state index >= 15 is 0 Å². The van der Waals surface area contributed by atoms with Crippen LogP contribution >= 0.6 is 11.6 Å². The first kappa shape index (κ1) is 25.3. The minimum Gasteiger partial charge on any atom is -0.507 e. The third kappa shape index (κ3) is 4.84. The first-order valence-electron chi connectivity index (χ1n) is 12.8. The highest BCUT2D eigenvalue weighted by molar-refractivity contribution is 6.33. The smallest absolute Gasteiger partial charge is 0.131 e. The molecule has 2 nitrogen and oxygen atoms in total. The molecule has 0 fully saturated rings. The monoisotopic (exact) mass is 508 g/mol. The van der Waals surface area contributed by atoms with E-state index in [-0.39, 0.29) is 11.2 Å². The first-order chi connectivity index (χ1) is 17.4. The molecule has 0 atom stereocenters.